The molecule has 208 valence electrons. The number of amides is 4. The Hall–Kier alpha value is -3.58. The van der Waals surface area contributed by atoms with Gasteiger partial charge in [-0.2, -0.15) is 11.8 Å². The van der Waals surface area contributed by atoms with E-state index in [1.54, 1.807) is 20.0 Å². The average molecular weight is 549 g/mol. The van der Waals surface area contributed by atoms with Gasteiger partial charge in [-0.05, 0) is 36.0 Å². The zero-order chi connectivity index (χ0) is 28.4. The van der Waals surface area contributed by atoms with Gasteiger partial charge in [-0.3, -0.25) is 19.2 Å². The number of hydrogen-bond acceptors (Lipinski definition) is 7. The van der Waals surface area contributed by atoms with Gasteiger partial charge >= 0.3 is 5.97 Å². The van der Waals surface area contributed by atoms with Crippen LogP contribution in [0.2, 0.25) is 0 Å². The van der Waals surface area contributed by atoms with Crippen LogP contribution in [-0.4, -0.2) is 75.9 Å². The van der Waals surface area contributed by atoms with Gasteiger partial charge in [0.2, 0.25) is 23.6 Å². The van der Waals surface area contributed by atoms with E-state index in [0.717, 1.165) is 16.5 Å². The van der Waals surface area contributed by atoms with Gasteiger partial charge in [0, 0.05) is 23.5 Å². The molecule has 0 aliphatic carbocycles. The van der Waals surface area contributed by atoms with E-state index in [9.17, 15) is 29.1 Å². The molecule has 0 fully saturated rings. The lowest BCUT2D eigenvalue weighted by Crippen LogP contribution is -2.58. The molecule has 0 aliphatic heterocycles. The summed E-state index contributed by atoms with van der Waals surface area (Å²) in [5.41, 5.74) is 12.9. The number of hydrogen-bond donors (Lipinski definition) is 7. The van der Waals surface area contributed by atoms with Gasteiger partial charge in [-0.15, -0.1) is 0 Å². The van der Waals surface area contributed by atoms with Crippen molar-refractivity contribution in [2.75, 3.05) is 12.0 Å². The number of aromatic amines is 1. The number of benzene rings is 1. The highest BCUT2D eigenvalue weighted by molar-refractivity contribution is 7.98. The second-order valence-corrected chi connectivity index (χ2v) is 10.3. The van der Waals surface area contributed by atoms with Crippen LogP contribution in [0.1, 0.15) is 32.3 Å². The Morgan fingerprint density at radius 3 is 2.24 bits per heavy atom. The third-order valence-corrected chi connectivity index (χ3v) is 6.61. The van der Waals surface area contributed by atoms with E-state index < -0.39 is 66.1 Å². The Kier molecular flexibility index (Phi) is 11.6. The second-order valence-electron chi connectivity index (χ2n) is 9.31. The zero-order valence-electron chi connectivity index (χ0n) is 21.7. The van der Waals surface area contributed by atoms with Crippen molar-refractivity contribution in [2.24, 2.45) is 17.4 Å². The minimum atomic E-state index is -1.45. The summed E-state index contributed by atoms with van der Waals surface area (Å²) < 4.78 is 0. The van der Waals surface area contributed by atoms with E-state index in [1.807, 2.05) is 30.5 Å². The Labute approximate surface area is 225 Å². The number of nitrogens with one attached hydrogen (secondary N) is 4. The number of aliphatic carboxylic acids is 1. The van der Waals surface area contributed by atoms with E-state index in [-0.39, 0.29) is 6.42 Å². The first-order chi connectivity index (χ1) is 17.9. The highest BCUT2D eigenvalue weighted by atomic mass is 32.2. The fourth-order valence-corrected chi connectivity index (χ4v) is 4.32. The van der Waals surface area contributed by atoms with Crippen LogP contribution in [0.25, 0.3) is 10.9 Å². The number of carboxylic acids is 1. The molecule has 9 N–H and O–H groups in total. The molecular weight excluding hydrogens is 512 g/mol. The second kappa shape index (κ2) is 14.4. The summed E-state index contributed by atoms with van der Waals surface area (Å²) in [6.07, 6.45) is 3.50. The number of carbonyl (C=O) groups excluding carboxylic acids is 4. The van der Waals surface area contributed by atoms with E-state index in [2.05, 4.69) is 20.9 Å². The summed E-state index contributed by atoms with van der Waals surface area (Å²) in [5.74, 6) is -4.13. The Morgan fingerprint density at radius 2 is 1.63 bits per heavy atom. The summed E-state index contributed by atoms with van der Waals surface area (Å²) in [7, 11) is 0. The fraction of sp³-hybridized carbons (Fsp3) is 0.480. The molecule has 0 aliphatic rings. The summed E-state index contributed by atoms with van der Waals surface area (Å²) in [4.78, 5) is 65.4. The van der Waals surface area contributed by atoms with Crippen LogP contribution < -0.4 is 27.4 Å². The molecule has 0 spiro atoms. The molecule has 1 aromatic heterocycles. The van der Waals surface area contributed by atoms with E-state index in [0.29, 0.717) is 12.2 Å². The van der Waals surface area contributed by atoms with Gasteiger partial charge in [-0.25, -0.2) is 4.79 Å². The maximum atomic E-state index is 13.4. The normalized spacial score (nSPS) is 14.3. The van der Waals surface area contributed by atoms with Crippen LogP contribution in [0.15, 0.2) is 30.5 Å². The fourth-order valence-electron chi connectivity index (χ4n) is 3.83. The van der Waals surface area contributed by atoms with Gasteiger partial charge in [-0.1, -0.05) is 32.0 Å². The van der Waals surface area contributed by atoms with Crippen LogP contribution in [0.3, 0.4) is 0 Å². The van der Waals surface area contributed by atoms with Crippen molar-refractivity contribution in [1.82, 2.24) is 20.9 Å². The maximum absolute atomic E-state index is 13.4. The molecule has 2 rings (SSSR count). The third-order valence-electron chi connectivity index (χ3n) is 5.97. The number of thioether (sulfide) groups is 1. The molecular formula is C25H36N6O6S. The van der Waals surface area contributed by atoms with Crippen molar-refractivity contribution < 1.29 is 29.1 Å². The largest absolute Gasteiger partial charge is 0.480 e. The monoisotopic (exact) mass is 548 g/mol. The molecule has 1 heterocycles. The molecule has 4 amide bonds. The van der Waals surface area contributed by atoms with Crippen molar-refractivity contribution >= 4 is 52.3 Å². The van der Waals surface area contributed by atoms with Crippen LogP contribution in [0.4, 0.5) is 0 Å². The minimum Gasteiger partial charge on any atom is -0.480 e. The van der Waals surface area contributed by atoms with Crippen LogP contribution >= 0.6 is 11.8 Å². The highest BCUT2D eigenvalue weighted by Gasteiger charge is 2.32. The summed E-state index contributed by atoms with van der Waals surface area (Å²) >= 11 is 1.53. The molecule has 0 radical (unpaired) electrons. The van der Waals surface area contributed by atoms with E-state index in [1.165, 1.54) is 11.8 Å². The van der Waals surface area contributed by atoms with Gasteiger partial charge in [0.25, 0.3) is 0 Å². The molecule has 2 aromatic rings. The van der Waals surface area contributed by atoms with Crippen molar-refractivity contribution in [3.8, 4) is 0 Å². The van der Waals surface area contributed by atoms with Crippen molar-refractivity contribution in [1.29, 1.82) is 0 Å². The number of H-pyrrole nitrogens is 1. The maximum Gasteiger partial charge on any atom is 0.326 e. The van der Waals surface area contributed by atoms with Crippen LogP contribution in [-0.2, 0) is 30.4 Å². The van der Waals surface area contributed by atoms with Crippen LogP contribution in [0.5, 0.6) is 0 Å². The summed E-state index contributed by atoms with van der Waals surface area (Å²) in [6, 6.07) is 2.73. The smallest absolute Gasteiger partial charge is 0.326 e. The molecule has 4 atom stereocenters. The SMILES string of the molecule is CSCCC(N)C(=O)NC(Cc1c[nH]c2ccccc12)C(=O)NC(CC(N)=O)C(=O)NC(C(=O)O)C(C)C. The van der Waals surface area contributed by atoms with Crippen molar-refractivity contribution in [3.05, 3.63) is 36.0 Å². The molecule has 13 heteroatoms. The van der Waals surface area contributed by atoms with E-state index in [4.69, 9.17) is 11.5 Å². The number of fused-ring (bicyclic) bond motifs is 1. The molecule has 0 saturated heterocycles. The number of aromatic nitrogens is 1. The molecule has 0 saturated carbocycles. The Bertz CT molecular complexity index is 1150. The van der Waals surface area contributed by atoms with Gasteiger partial charge in [0.05, 0.1) is 12.5 Å². The molecule has 12 nitrogen and oxygen atoms in total. The van der Waals surface area contributed by atoms with Gasteiger partial charge < -0.3 is 37.5 Å². The number of nitrogens with two attached hydrogens (primary N) is 2. The first-order valence-corrected chi connectivity index (χ1v) is 13.6. The van der Waals surface area contributed by atoms with Gasteiger partial charge in [0.15, 0.2) is 0 Å². The molecule has 0 bridgehead atoms. The third kappa shape index (κ3) is 8.77. The Balaban J connectivity index is 2.30. The van der Waals surface area contributed by atoms with E-state index >= 15 is 0 Å². The number of carbonyl (C=O) groups is 5. The number of para-hydroxylation sites is 1. The molecule has 4 unspecified atom stereocenters. The minimum absolute atomic E-state index is 0.0610. The van der Waals surface area contributed by atoms with Crippen molar-refractivity contribution in [3.63, 3.8) is 0 Å². The first-order valence-electron chi connectivity index (χ1n) is 12.2. The number of primary amides is 1. The summed E-state index contributed by atoms with van der Waals surface area (Å²) in [5, 5.41) is 17.7. The lowest BCUT2D eigenvalue weighted by atomic mass is 10.0. The van der Waals surface area contributed by atoms with Crippen molar-refractivity contribution in [2.45, 2.75) is 57.3 Å². The topological polar surface area (TPSA) is 209 Å². The van der Waals surface area contributed by atoms with Crippen LogP contribution in [0, 0.1) is 5.92 Å². The number of carboxylic acid groups (broad SMARTS) is 1. The quantitative estimate of drug-likeness (QED) is 0.159. The Morgan fingerprint density at radius 1 is 1.00 bits per heavy atom. The highest BCUT2D eigenvalue weighted by Crippen LogP contribution is 2.19. The predicted molar refractivity (Wildman–Crippen MR) is 145 cm³/mol. The standard InChI is InChI=1S/C25H36N6O6S/c1-13(2)21(25(36)37)31-24(35)19(11-20(27)32)30-23(34)18(29-22(33)16(26)8-9-38-3)10-14-12-28-17-7-5-4-6-15(14)17/h4-7,12-13,16,18-19,21,28H,8-11,26H2,1-3H3,(H2,27,32)(H,29,33)(H,30,34)(H,31,35)(H,36,37). The lowest BCUT2D eigenvalue weighted by Gasteiger charge is -2.25. The van der Waals surface area contributed by atoms with Gasteiger partial charge in [0.1, 0.15) is 18.1 Å². The average Bonchev–Trinajstić information content (AvgIpc) is 3.26. The molecule has 1 aromatic carbocycles. The predicted octanol–water partition coefficient (Wildman–Crippen LogP) is -0.139. The molecule has 38 heavy (non-hydrogen) atoms. The number of rotatable bonds is 15. The lowest BCUT2D eigenvalue weighted by molar-refractivity contribution is -0.143. The first kappa shape index (κ1) is 30.6. The summed E-state index contributed by atoms with van der Waals surface area (Å²) in [6.45, 7) is 3.21. The zero-order valence-corrected chi connectivity index (χ0v) is 22.5.